The summed E-state index contributed by atoms with van der Waals surface area (Å²) in [5, 5.41) is 1.03. The summed E-state index contributed by atoms with van der Waals surface area (Å²) in [6.45, 7) is 6.57. The molecule has 7 heteroatoms. The van der Waals surface area contributed by atoms with Crippen LogP contribution >= 0.6 is 23.2 Å². The summed E-state index contributed by atoms with van der Waals surface area (Å²) in [6, 6.07) is 13.9. The van der Waals surface area contributed by atoms with Crippen molar-refractivity contribution in [3.8, 4) is 5.69 Å². The van der Waals surface area contributed by atoms with Crippen LogP contribution in [0.5, 0.6) is 0 Å². The van der Waals surface area contributed by atoms with Gasteiger partial charge in [-0.1, -0.05) is 50.6 Å². The molecule has 0 saturated heterocycles. The minimum absolute atomic E-state index is 0.127. The molecule has 3 aromatic rings. The Hall–Kier alpha value is -2.37. The second-order valence-electron chi connectivity index (χ2n) is 7.61. The highest BCUT2D eigenvalue weighted by molar-refractivity contribution is 6.30. The Morgan fingerprint density at radius 2 is 1.90 bits per heavy atom. The molecule has 0 aliphatic heterocycles. The number of amides is 1. The molecule has 5 nitrogen and oxygen atoms in total. The number of carbonyl (C=O) groups excluding carboxylic acids is 1. The quantitative estimate of drug-likeness (QED) is 0.468. The van der Waals surface area contributed by atoms with Gasteiger partial charge < -0.3 is 4.90 Å². The van der Waals surface area contributed by atoms with Crippen LogP contribution < -0.4 is 5.56 Å². The van der Waals surface area contributed by atoms with E-state index in [1.807, 2.05) is 45.0 Å². The van der Waals surface area contributed by atoms with Gasteiger partial charge in [-0.2, -0.15) is 0 Å². The van der Waals surface area contributed by atoms with Gasteiger partial charge in [-0.25, -0.2) is 4.98 Å². The van der Waals surface area contributed by atoms with Crippen LogP contribution in [0, 0.1) is 5.92 Å². The number of halogens is 2. The van der Waals surface area contributed by atoms with Crippen molar-refractivity contribution in [2.24, 2.45) is 5.92 Å². The highest BCUT2D eigenvalue weighted by Gasteiger charge is 2.29. The van der Waals surface area contributed by atoms with Gasteiger partial charge in [0.15, 0.2) is 0 Å². The Morgan fingerprint density at radius 1 is 1.17 bits per heavy atom. The number of hydrogen-bond acceptors (Lipinski definition) is 3. The minimum Gasteiger partial charge on any atom is -0.331 e. The highest BCUT2D eigenvalue weighted by atomic mass is 35.5. The molecule has 158 valence electrons. The molecule has 1 atom stereocenters. The monoisotopic (exact) mass is 445 g/mol. The predicted octanol–water partition coefficient (Wildman–Crippen LogP) is 5.21. The first-order chi connectivity index (χ1) is 14.4. The first-order valence-electron chi connectivity index (χ1n) is 10.00. The van der Waals surface area contributed by atoms with Gasteiger partial charge >= 0.3 is 0 Å². The summed E-state index contributed by atoms with van der Waals surface area (Å²) in [5.74, 6) is 0.427. The van der Waals surface area contributed by atoms with Crippen LogP contribution in [0.2, 0.25) is 5.02 Å². The van der Waals surface area contributed by atoms with Crippen molar-refractivity contribution in [2.45, 2.75) is 33.2 Å². The maximum absolute atomic E-state index is 13.5. The lowest BCUT2D eigenvalue weighted by Gasteiger charge is -2.33. The van der Waals surface area contributed by atoms with E-state index in [2.05, 4.69) is 0 Å². The number of para-hydroxylation sites is 1. The third-order valence-electron chi connectivity index (χ3n) is 4.93. The van der Waals surface area contributed by atoms with Gasteiger partial charge in [-0.05, 0) is 42.7 Å². The molecule has 0 aliphatic rings. The van der Waals surface area contributed by atoms with E-state index in [0.717, 1.165) is 0 Å². The van der Waals surface area contributed by atoms with Crippen molar-refractivity contribution in [1.82, 2.24) is 14.5 Å². The first-order valence-corrected chi connectivity index (χ1v) is 10.9. The lowest BCUT2D eigenvalue weighted by molar-refractivity contribution is -0.131. The Bertz CT molecular complexity index is 1110. The molecule has 0 spiro atoms. The average molecular weight is 446 g/mol. The molecule has 30 heavy (non-hydrogen) atoms. The molecule has 0 aliphatic carbocycles. The van der Waals surface area contributed by atoms with Crippen LogP contribution in [0.15, 0.2) is 53.3 Å². The molecule has 0 fully saturated rings. The smallest absolute Gasteiger partial charge is 0.266 e. The summed E-state index contributed by atoms with van der Waals surface area (Å²) < 4.78 is 1.57. The van der Waals surface area contributed by atoms with E-state index in [1.165, 1.54) is 0 Å². The Kier molecular flexibility index (Phi) is 7.16. The van der Waals surface area contributed by atoms with Crippen LogP contribution in [0.4, 0.5) is 0 Å². The maximum Gasteiger partial charge on any atom is 0.266 e. The van der Waals surface area contributed by atoms with Crippen molar-refractivity contribution < 1.29 is 4.79 Å². The maximum atomic E-state index is 13.5. The van der Waals surface area contributed by atoms with E-state index in [1.54, 1.807) is 33.7 Å². The lowest BCUT2D eigenvalue weighted by Crippen LogP contribution is -2.41. The summed E-state index contributed by atoms with van der Waals surface area (Å²) in [4.78, 5) is 32.8. The Balaban J connectivity index is 2.33. The number of nitrogens with zero attached hydrogens (tertiary/aromatic N) is 3. The van der Waals surface area contributed by atoms with Crippen LogP contribution in [-0.4, -0.2) is 32.8 Å². The summed E-state index contributed by atoms with van der Waals surface area (Å²) in [6.07, 6.45) is 0.584. The first kappa shape index (κ1) is 22.3. The molecule has 1 amide bonds. The molecule has 1 heterocycles. The van der Waals surface area contributed by atoms with Gasteiger partial charge in [0.05, 0.1) is 22.6 Å². The standard InChI is InChI=1S/C23H25Cl2N3O2/c1-4-20(27(14-15(2)3)21(29)13-24)22-26-19-11-6-5-10-18(19)23(30)28(22)17-9-7-8-16(25)12-17/h5-12,15,20H,4,13-14H2,1-3H3. The van der Waals surface area contributed by atoms with E-state index in [0.29, 0.717) is 40.4 Å². The fourth-order valence-electron chi connectivity index (χ4n) is 3.65. The van der Waals surface area contributed by atoms with Crippen LogP contribution in [-0.2, 0) is 4.79 Å². The number of benzene rings is 2. The summed E-state index contributed by atoms with van der Waals surface area (Å²) >= 11 is 12.1. The zero-order chi connectivity index (χ0) is 21.8. The van der Waals surface area contributed by atoms with Crippen LogP contribution in [0.3, 0.4) is 0 Å². The molecule has 0 radical (unpaired) electrons. The number of fused-ring (bicyclic) bond motifs is 1. The second-order valence-corrected chi connectivity index (χ2v) is 8.31. The number of rotatable bonds is 7. The normalized spacial score (nSPS) is 12.3. The highest BCUT2D eigenvalue weighted by Crippen LogP contribution is 2.27. The fraction of sp³-hybridized carbons (Fsp3) is 0.348. The molecule has 1 aromatic heterocycles. The fourth-order valence-corrected chi connectivity index (χ4v) is 3.99. The van der Waals surface area contributed by atoms with Gasteiger partial charge in [0, 0.05) is 11.6 Å². The largest absolute Gasteiger partial charge is 0.331 e. The minimum atomic E-state index is -0.407. The third-order valence-corrected chi connectivity index (χ3v) is 5.39. The number of carbonyl (C=O) groups is 1. The van der Waals surface area contributed by atoms with Gasteiger partial charge in [0.1, 0.15) is 11.7 Å². The summed E-state index contributed by atoms with van der Waals surface area (Å²) in [7, 11) is 0. The van der Waals surface area contributed by atoms with Crippen molar-refractivity contribution in [3.63, 3.8) is 0 Å². The lowest BCUT2D eigenvalue weighted by atomic mass is 10.1. The van der Waals surface area contributed by atoms with E-state index in [-0.39, 0.29) is 23.3 Å². The van der Waals surface area contributed by atoms with Crippen molar-refractivity contribution in [2.75, 3.05) is 12.4 Å². The topological polar surface area (TPSA) is 55.2 Å². The zero-order valence-corrected chi connectivity index (χ0v) is 18.8. The van der Waals surface area contributed by atoms with Crippen molar-refractivity contribution >= 4 is 40.0 Å². The molecule has 3 rings (SSSR count). The average Bonchev–Trinajstić information content (AvgIpc) is 2.73. The number of aromatic nitrogens is 2. The SMILES string of the molecule is CCC(c1nc2ccccc2c(=O)n1-c1cccc(Cl)c1)N(CC(C)C)C(=O)CCl. The molecular formula is C23H25Cl2N3O2. The Morgan fingerprint density at radius 3 is 2.53 bits per heavy atom. The molecule has 1 unspecified atom stereocenters. The van der Waals surface area contributed by atoms with E-state index in [9.17, 15) is 9.59 Å². The Labute approximate surface area is 186 Å². The van der Waals surface area contributed by atoms with E-state index in [4.69, 9.17) is 28.2 Å². The predicted molar refractivity (Wildman–Crippen MR) is 123 cm³/mol. The van der Waals surface area contributed by atoms with Gasteiger partial charge in [-0.15, -0.1) is 11.6 Å². The van der Waals surface area contributed by atoms with Gasteiger partial charge in [0.25, 0.3) is 5.56 Å². The van der Waals surface area contributed by atoms with Crippen LogP contribution in [0.1, 0.15) is 39.1 Å². The zero-order valence-electron chi connectivity index (χ0n) is 17.3. The third kappa shape index (κ3) is 4.52. The van der Waals surface area contributed by atoms with Crippen LogP contribution in [0.25, 0.3) is 16.6 Å². The van der Waals surface area contributed by atoms with Gasteiger partial charge in [0.2, 0.25) is 5.91 Å². The molecule has 0 saturated carbocycles. The van der Waals surface area contributed by atoms with Gasteiger partial charge in [-0.3, -0.25) is 14.2 Å². The molecule has 0 N–H and O–H groups in total. The molecular weight excluding hydrogens is 421 g/mol. The second kappa shape index (κ2) is 9.63. The van der Waals surface area contributed by atoms with Crippen molar-refractivity contribution in [3.05, 3.63) is 69.7 Å². The summed E-state index contributed by atoms with van der Waals surface area (Å²) in [5.41, 5.74) is 1.01. The van der Waals surface area contributed by atoms with E-state index < -0.39 is 6.04 Å². The number of alkyl halides is 1. The molecule has 0 bridgehead atoms. The number of hydrogen-bond donors (Lipinski definition) is 0. The van der Waals surface area contributed by atoms with Crippen molar-refractivity contribution in [1.29, 1.82) is 0 Å². The van der Waals surface area contributed by atoms with E-state index >= 15 is 0 Å². The molecule has 2 aromatic carbocycles.